The zero-order valence-corrected chi connectivity index (χ0v) is 21.2. The van der Waals surface area contributed by atoms with E-state index in [0.29, 0.717) is 5.56 Å². The van der Waals surface area contributed by atoms with Crippen molar-refractivity contribution in [2.45, 2.75) is 74.6 Å². The Morgan fingerprint density at radius 1 is 1.13 bits per heavy atom. The minimum absolute atomic E-state index is 0.0421. The van der Waals surface area contributed by atoms with Gasteiger partial charge in [-0.15, -0.1) is 0 Å². The SMILES string of the molecule is CC(=O)O[C@@]1(C)C[C@@H](O)[C@]2(O)C=CO[C@@H](O[C@@H]3O[C@H](CO)[C@@H](O)[C@H](OC(=O)/C=C\c4ccc(O)cc4)[C@H]3O)[C@@H]21. The minimum Gasteiger partial charge on any atom is -0.508 e. The van der Waals surface area contributed by atoms with Crippen molar-refractivity contribution < 1.29 is 63.9 Å². The van der Waals surface area contributed by atoms with E-state index in [1.807, 2.05) is 0 Å². The summed E-state index contributed by atoms with van der Waals surface area (Å²) in [6.45, 7) is 1.93. The number of hydrogen-bond donors (Lipinski definition) is 6. The van der Waals surface area contributed by atoms with Gasteiger partial charge in [-0.3, -0.25) is 4.79 Å². The second-order valence-electron chi connectivity index (χ2n) is 9.97. The Bertz CT molecular complexity index is 1100. The third-order valence-electron chi connectivity index (χ3n) is 7.13. The van der Waals surface area contributed by atoms with E-state index in [9.17, 15) is 40.2 Å². The molecule has 1 aromatic carbocycles. The van der Waals surface area contributed by atoms with E-state index in [4.69, 9.17) is 23.7 Å². The van der Waals surface area contributed by atoms with Crippen molar-refractivity contribution in [2.24, 2.45) is 5.92 Å². The van der Waals surface area contributed by atoms with Crippen LogP contribution in [0.15, 0.2) is 42.7 Å². The van der Waals surface area contributed by atoms with E-state index in [1.165, 1.54) is 38.1 Å². The van der Waals surface area contributed by atoms with Crippen molar-refractivity contribution in [3.05, 3.63) is 48.2 Å². The van der Waals surface area contributed by atoms with Gasteiger partial charge in [-0.05, 0) is 36.8 Å². The molecule has 0 spiro atoms. The first-order chi connectivity index (χ1) is 18.4. The molecule has 2 heterocycles. The summed E-state index contributed by atoms with van der Waals surface area (Å²) in [5.74, 6) is -2.75. The maximum absolute atomic E-state index is 12.5. The average Bonchev–Trinajstić information content (AvgIpc) is 3.07. The fourth-order valence-electron chi connectivity index (χ4n) is 5.30. The van der Waals surface area contributed by atoms with E-state index in [0.717, 1.165) is 12.3 Å². The van der Waals surface area contributed by atoms with Crippen molar-refractivity contribution in [2.75, 3.05) is 6.61 Å². The number of carbonyl (C=O) groups is 2. The number of esters is 2. The highest BCUT2D eigenvalue weighted by Gasteiger charge is 2.66. The number of aromatic hydroxyl groups is 1. The smallest absolute Gasteiger partial charge is 0.331 e. The number of aliphatic hydroxyl groups is 5. The van der Waals surface area contributed by atoms with Crippen LogP contribution in [0.3, 0.4) is 0 Å². The van der Waals surface area contributed by atoms with Crippen LogP contribution in [-0.4, -0.2) is 103 Å². The summed E-state index contributed by atoms with van der Waals surface area (Å²) in [4.78, 5) is 24.3. The van der Waals surface area contributed by atoms with Gasteiger partial charge in [0, 0.05) is 19.4 Å². The Kier molecular flexibility index (Phi) is 8.33. The normalized spacial score (nSPS) is 39.7. The van der Waals surface area contributed by atoms with Crippen LogP contribution in [0.5, 0.6) is 5.75 Å². The van der Waals surface area contributed by atoms with Crippen LogP contribution in [0.1, 0.15) is 25.8 Å². The van der Waals surface area contributed by atoms with Gasteiger partial charge in [0.15, 0.2) is 12.4 Å². The monoisotopic (exact) mass is 552 g/mol. The lowest BCUT2D eigenvalue weighted by Gasteiger charge is -2.46. The zero-order valence-electron chi connectivity index (χ0n) is 21.2. The Hall–Kier alpha value is -3.04. The van der Waals surface area contributed by atoms with E-state index in [-0.39, 0.29) is 12.2 Å². The topological polar surface area (TPSA) is 202 Å². The molecule has 13 nitrogen and oxygen atoms in total. The van der Waals surface area contributed by atoms with E-state index >= 15 is 0 Å². The molecule has 6 N–H and O–H groups in total. The summed E-state index contributed by atoms with van der Waals surface area (Å²) in [6.07, 6.45) is -6.24. The van der Waals surface area contributed by atoms with Gasteiger partial charge in [0.2, 0.25) is 6.29 Å². The summed E-state index contributed by atoms with van der Waals surface area (Å²) < 4.78 is 27.5. The van der Waals surface area contributed by atoms with Crippen molar-refractivity contribution in [3.63, 3.8) is 0 Å². The molecule has 0 aromatic heterocycles. The van der Waals surface area contributed by atoms with Gasteiger partial charge in [-0.2, -0.15) is 0 Å². The average molecular weight is 553 g/mol. The van der Waals surface area contributed by atoms with Crippen LogP contribution in [0.4, 0.5) is 0 Å². The van der Waals surface area contributed by atoms with E-state index in [2.05, 4.69) is 0 Å². The number of fused-ring (bicyclic) bond motifs is 1. The molecule has 10 atom stereocenters. The van der Waals surface area contributed by atoms with Crippen molar-refractivity contribution in [3.8, 4) is 5.75 Å². The molecule has 4 rings (SSSR count). The van der Waals surface area contributed by atoms with Gasteiger partial charge in [0.25, 0.3) is 0 Å². The number of hydrogen-bond acceptors (Lipinski definition) is 13. The number of aliphatic hydroxyl groups excluding tert-OH is 4. The summed E-state index contributed by atoms with van der Waals surface area (Å²) in [6, 6.07) is 5.94. The highest BCUT2D eigenvalue weighted by atomic mass is 16.8. The highest BCUT2D eigenvalue weighted by Crippen LogP contribution is 2.51. The number of ether oxygens (including phenoxy) is 5. The fraction of sp³-hybridized carbons (Fsp3) is 0.538. The van der Waals surface area contributed by atoms with Crippen molar-refractivity contribution >= 4 is 18.0 Å². The Labute approximate surface area is 223 Å². The molecule has 3 aliphatic rings. The molecule has 2 fully saturated rings. The molecule has 13 heteroatoms. The molecule has 2 aliphatic heterocycles. The van der Waals surface area contributed by atoms with E-state index in [1.54, 1.807) is 12.1 Å². The minimum atomic E-state index is -1.92. The second kappa shape index (κ2) is 11.2. The van der Waals surface area contributed by atoms with Gasteiger partial charge in [-0.1, -0.05) is 12.1 Å². The lowest BCUT2D eigenvalue weighted by Crippen LogP contribution is -2.63. The largest absolute Gasteiger partial charge is 0.508 e. The number of carbonyl (C=O) groups excluding carboxylic acids is 2. The van der Waals surface area contributed by atoms with Gasteiger partial charge in [0.05, 0.1) is 24.9 Å². The van der Waals surface area contributed by atoms with Crippen LogP contribution in [0.25, 0.3) is 6.08 Å². The van der Waals surface area contributed by atoms with E-state index < -0.39 is 78.8 Å². The summed E-state index contributed by atoms with van der Waals surface area (Å²) in [5.41, 5.74) is -2.81. The lowest BCUT2D eigenvalue weighted by atomic mass is 9.81. The molecule has 0 radical (unpaired) electrons. The van der Waals surface area contributed by atoms with Crippen molar-refractivity contribution in [1.82, 2.24) is 0 Å². The van der Waals surface area contributed by atoms with Gasteiger partial charge < -0.3 is 54.3 Å². The summed E-state index contributed by atoms with van der Waals surface area (Å²) >= 11 is 0. The standard InChI is InChI=1S/C26H32O13/c1-13(28)39-25(2)11-17(30)26(34)9-10-35-24(22(25)26)38-23-20(33)21(19(32)16(12-27)36-23)37-18(31)8-5-14-3-6-15(29)7-4-14/h3-10,16-17,19-24,27,29-30,32-34H,11-12H2,1-2H3/b8-5-/t16-,17-,19-,20-,21+,22-,23+,24+,25+,26-/m1/s1. The van der Waals surface area contributed by atoms with Crippen LogP contribution in [0.2, 0.25) is 0 Å². The number of rotatable bonds is 7. The quantitative estimate of drug-likeness (QED) is 0.179. The molecule has 0 bridgehead atoms. The van der Waals surface area contributed by atoms with Crippen molar-refractivity contribution in [1.29, 1.82) is 0 Å². The first kappa shape index (κ1) is 29.0. The maximum Gasteiger partial charge on any atom is 0.331 e. The first-order valence-corrected chi connectivity index (χ1v) is 12.3. The van der Waals surface area contributed by atoms with Gasteiger partial charge >= 0.3 is 11.9 Å². The molecule has 0 amide bonds. The number of phenolic OH excluding ortho intramolecular Hbond substituents is 1. The lowest BCUT2D eigenvalue weighted by molar-refractivity contribution is -0.351. The van der Waals surface area contributed by atoms with Crippen LogP contribution in [-0.2, 0) is 33.3 Å². The number of phenols is 1. The predicted octanol–water partition coefficient (Wildman–Crippen LogP) is -0.923. The van der Waals surface area contributed by atoms with Crippen LogP contribution in [0, 0.1) is 5.92 Å². The molecule has 1 aromatic rings. The van der Waals surface area contributed by atoms with Crippen LogP contribution < -0.4 is 0 Å². The van der Waals surface area contributed by atoms with Gasteiger partial charge in [0.1, 0.15) is 35.3 Å². The highest BCUT2D eigenvalue weighted by molar-refractivity contribution is 5.87. The number of benzene rings is 1. The molecular weight excluding hydrogens is 520 g/mol. The third-order valence-corrected chi connectivity index (χ3v) is 7.13. The summed E-state index contributed by atoms with van der Waals surface area (Å²) in [5, 5.41) is 62.4. The molecule has 214 valence electrons. The molecule has 1 aliphatic carbocycles. The van der Waals surface area contributed by atoms with Crippen LogP contribution >= 0.6 is 0 Å². The molecular formula is C26H32O13. The van der Waals surface area contributed by atoms with Gasteiger partial charge in [-0.25, -0.2) is 4.79 Å². The predicted molar refractivity (Wildman–Crippen MR) is 129 cm³/mol. The molecule has 0 unspecified atom stereocenters. The zero-order chi connectivity index (χ0) is 28.5. The summed E-state index contributed by atoms with van der Waals surface area (Å²) in [7, 11) is 0. The Balaban J connectivity index is 1.52. The third kappa shape index (κ3) is 5.79. The fourth-order valence-corrected chi connectivity index (χ4v) is 5.30. The molecule has 39 heavy (non-hydrogen) atoms. The Morgan fingerprint density at radius 2 is 1.82 bits per heavy atom. The second-order valence-corrected chi connectivity index (χ2v) is 9.97. The maximum atomic E-state index is 12.5. The first-order valence-electron chi connectivity index (χ1n) is 12.3. The molecule has 1 saturated heterocycles. The Morgan fingerprint density at radius 3 is 2.46 bits per heavy atom. The molecule has 1 saturated carbocycles.